The number of pyridine rings is 1. The van der Waals surface area contributed by atoms with E-state index in [9.17, 15) is 4.79 Å². The zero-order valence-corrected chi connectivity index (χ0v) is 19.5. The van der Waals surface area contributed by atoms with Gasteiger partial charge in [0.2, 0.25) is 5.91 Å². The number of fused-ring (bicyclic) bond motifs is 1. The number of nitrogens with zero attached hydrogens (tertiary/aromatic N) is 2. The van der Waals surface area contributed by atoms with Crippen molar-refractivity contribution in [1.82, 2.24) is 4.98 Å². The standard InChI is InChI=1S/C27H24Cl2N2O/c1-3-21(19-13-14-23(28)24(29)17-19)25(27(32)31(2)20-10-5-4-6-11-20)26-22-12-8-7-9-18(22)15-16-30-26/h4-17,21,25H,3H2,1-2H3. The van der Waals surface area contributed by atoms with Gasteiger partial charge in [-0.15, -0.1) is 0 Å². The summed E-state index contributed by atoms with van der Waals surface area (Å²) in [4.78, 5) is 20.5. The first-order valence-corrected chi connectivity index (χ1v) is 11.4. The molecular formula is C27H24Cl2N2O. The highest BCUT2D eigenvalue weighted by Crippen LogP contribution is 2.41. The number of amides is 1. The third-order valence-electron chi connectivity index (χ3n) is 5.95. The van der Waals surface area contributed by atoms with Crippen LogP contribution in [0.25, 0.3) is 10.8 Å². The maximum atomic E-state index is 14.0. The molecule has 3 nitrogen and oxygen atoms in total. The fourth-order valence-electron chi connectivity index (χ4n) is 4.26. The Bertz CT molecular complexity index is 1240. The molecule has 1 aromatic heterocycles. The summed E-state index contributed by atoms with van der Waals surface area (Å²) in [6, 6.07) is 25.3. The molecule has 0 fully saturated rings. The lowest BCUT2D eigenvalue weighted by atomic mass is 9.79. The molecule has 2 atom stereocenters. The van der Waals surface area contributed by atoms with Crippen LogP contribution in [-0.2, 0) is 4.79 Å². The molecule has 0 saturated carbocycles. The number of hydrogen-bond donors (Lipinski definition) is 0. The van der Waals surface area contributed by atoms with Crippen LogP contribution in [0.2, 0.25) is 10.0 Å². The molecule has 1 amide bonds. The van der Waals surface area contributed by atoms with Gasteiger partial charge in [0.05, 0.1) is 21.7 Å². The Morgan fingerprint density at radius 2 is 1.66 bits per heavy atom. The number of benzene rings is 3. The highest BCUT2D eigenvalue weighted by Gasteiger charge is 2.35. The highest BCUT2D eigenvalue weighted by molar-refractivity contribution is 6.42. The van der Waals surface area contributed by atoms with E-state index in [4.69, 9.17) is 28.2 Å². The smallest absolute Gasteiger partial charge is 0.236 e. The van der Waals surface area contributed by atoms with Crippen molar-refractivity contribution in [3.63, 3.8) is 0 Å². The fourth-order valence-corrected chi connectivity index (χ4v) is 4.57. The first-order valence-electron chi connectivity index (χ1n) is 10.6. The quantitative estimate of drug-likeness (QED) is 0.297. The maximum Gasteiger partial charge on any atom is 0.236 e. The number of rotatable bonds is 6. The van der Waals surface area contributed by atoms with E-state index < -0.39 is 5.92 Å². The summed E-state index contributed by atoms with van der Waals surface area (Å²) in [6.45, 7) is 2.08. The molecule has 162 valence electrons. The molecule has 32 heavy (non-hydrogen) atoms. The van der Waals surface area contributed by atoms with Crippen molar-refractivity contribution < 1.29 is 4.79 Å². The monoisotopic (exact) mass is 462 g/mol. The predicted molar refractivity (Wildman–Crippen MR) is 134 cm³/mol. The lowest BCUT2D eigenvalue weighted by molar-refractivity contribution is -0.120. The Morgan fingerprint density at radius 1 is 0.938 bits per heavy atom. The van der Waals surface area contributed by atoms with Crippen LogP contribution in [0.15, 0.2) is 85.1 Å². The molecule has 4 aromatic rings. The second-order valence-electron chi connectivity index (χ2n) is 7.82. The normalized spacial score (nSPS) is 13.0. The zero-order chi connectivity index (χ0) is 22.7. The molecule has 0 N–H and O–H groups in total. The molecule has 0 aliphatic rings. The van der Waals surface area contributed by atoms with Gasteiger partial charge >= 0.3 is 0 Å². The minimum atomic E-state index is -0.492. The first-order chi connectivity index (χ1) is 15.5. The topological polar surface area (TPSA) is 33.2 Å². The summed E-state index contributed by atoms with van der Waals surface area (Å²) in [5.41, 5.74) is 2.58. The van der Waals surface area contributed by atoms with Crippen LogP contribution in [0.4, 0.5) is 5.69 Å². The summed E-state index contributed by atoms with van der Waals surface area (Å²) in [6.07, 6.45) is 2.52. The third-order valence-corrected chi connectivity index (χ3v) is 6.69. The van der Waals surface area contributed by atoms with Crippen LogP contribution < -0.4 is 4.90 Å². The van der Waals surface area contributed by atoms with Crippen molar-refractivity contribution >= 4 is 45.6 Å². The molecule has 0 saturated heterocycles. The molecule has 1 heterocycles. The molecule has 4 rings (SSSR count). The molecular weight excluding hydrogens is 439 g/mol. The van der Waals surface area contributed by atoms with E-state index in [1.165, 1.54) is 0 Å². The van der Waals surface area contributed by atoms with Gasteiger partial charge in [-0.2, -0.15) is 0 Å². The average Bonchev–Trinajstić information content (AvgIpc) is 2.84. The molecule has 5 heteroatoms. The largest absolute Gasteiger partial charge is 0.315 e. The minimum absolute atomic E-state index is 0.0158. The van der Waals surface area contributed by atoms with Crippen molar-refractivity contribution in [3.8, 4) is 0 Å². The van der Waals surface area contributed by atoms with E-state index in [0.717, 1.165) is 34.1 Å². The summed E-state index contributed by atoms with van der Waals surface area (Å²) < 4.78 is 0. The van der Waals surface area contributed by atoms with Crippen LogP contribution in [0.1, 0.15) is 36.4 Å². The van der Waals surface area contributed by atoms with Gasteiger partial charge in [-0.1, -0.05) is 78.7 Å². The van der Waals surface area contributed by atoms with Crippen molar-refractivity contribution in [2.45, 2.75) is 25.2 Å². The second kappa shape index (κ2) is 9.72. The Labute approximate surface area is 198 Å². The summed E-state index contributed by atoms with van der Waals surface area (Å²) >= 11 is 12.5. The van der Waals surface area contributed by atoms with E-state index in [0.29, 0.717) is 10.0 Å². The molecule has 0 bridgehead atoms. The number of anilines is 1. The Kier molecular flexibility index (Phi) is 6.78. The van der Waals surface area contributed by atoms with E-state index in [1.54, 1.807) is 17.2 Å². The fraction of sp³-hybridized carbons (Fsp3) is 0.185. The van der Waals surface area contributed by atoms with E-state index in [2.05, 4.69) is 6.92 Å². The van der Waals surface area contributed by atoms with Crippen LogP contribution >= 0.6 is 23.2 Å². The molecule has 0 aliphatic heterocycles. The zero-order valence-electron chi connectivity index (χ0n) is 18.0. The van der Waals surface area contributed by atoms with Gasteiger partial charge in [0.1, 0.15) is 0 Å². The summed E-state index contributed by atoms with van der Waals surface area (Å²) in [5.74, 6) is -0.631. The summed E-state index contributed by atoms with van der Waals surface area (Å²) in [5, 5.41) is 3.02. The molecule has 2 unspecified atom stereocenters. The number of likely N-dealkylation sites (N-methyl/N-ethyl adjacent to an activating group) is 1. The second-order valence-corrected chi connectivity index (χ2v) is 8.63. The van der Waals surface area contributed by atoms with Gasteiger partial charge in [-0.3, -0.25) is 9.78 Å². The molecule has 0 radical (unpaired) electrons. The van der Waals surface area contributed by atoms with Gasteiger partial charge in [-0.25, -0.2) is 0 Å². The van der Waals surface area contributed by atoms with Crippen LogP contribution in [0.5, 0.6) is 0 Å². The molecule has 3 aromatic carbocycles. The van der Waals surface area contributed by atoms with E-state index in [-0.39, 0.29) is 11.8 Å². The first kappa shape index (κ1) is 22.3. The number of carbonyl (C=O) groups is 1. The van der Waals surface area contributed by atoms with Gasteiger partial charge in [-0.05, 0) is 47.7 Å². The minimum Gasteiger partial charge on any atom is -0.315 e. The van der Waals surface area contributed by atoms with Crippen LogP contribution in [0, 0.1) is 0 Å². The Morgan fingerprint density at radius 3 is 2.38 bits per heavy atom. The maximum absolute atomic E-state index is 14.0. The van der Waals surface area contributed by atoms with Gasteiger partial charge in [0.15, 0.2) is 0 Å². The van der Waals surface area contributed by atoms with Crippen LogP contribution in [0.3, 0.4) is 0 Å². The SMILES string of the molecule is CCC(c1ccc(Cl)c(Cl)c1)C(C(=O)N(C)c1ccccc1)c1nccc2ccccc12. The summed E-state index contributed by atoms with van der Waals surface area (Å²) in [7, 11) is 1.82. The number of halogens is 2. The average molecular weight is 463 g/mol. The van der Waals surface area contributed by atoms with Gasteiger partial charge in [0.25, 0.3) is 0 Å². The number of carbonyl (C=O) groups excluding carboxylic acids is 1. The van der Waals surface area contributed by atoms with E-state index >= 15 is 0 Å². The van der Waals surface area contributed by atoms with Gasteiger partial charge < -0.3 is 4.90 Å². The van der Waals surface area contributed by atoms with Crippen molar-refractivity contribution in [1.29, 1.82) is 0 Å². The number of aromatic nitrogens is 1. The Hall–Kier alpha value is -2.88. The number of para-hydroxylation sites is 1. The van der Waals surface area contributed by atoms with Crippen LogP contribution in [-0.4, -0.2) is 17.9 Å². The van der Waals surface area contributed by atoms with E-state index in [1.807, 2.05) is 79.8 Å². The van der Waals surface area contributed by atoms with Gasteiger partial charge in [0, 0.05) is 30.2 Å². The lowest BCUT2D eigenvalue weighted by Crippen LogP contribution is -2.35. The highest BCUT2D eigenvalue weighted by atomic mass is 35.5. The van der Waals surface area contributed by atoms with Crippen molar-refractivity contribution in [2.24, 2.45) is 0 Å². The number of hydrogen-bond acceptors (Lipinski definition) is 2. The predicted octanol–water partition coefficient (Wildman–Crippen LogP) is 7.48. The molecule has 0 spiro atoms. The van der Waals surface area contributed by atoms with Crippen molar-refractivity contribution in [2.75, 3.05) is 11.9 Å². The molecule has 0 aliphatic carbocycles. The Balaban J connectivity index is 1.89. The van der Waals surface area contributed by atoms with Crippen molar-refractivity contribution in [3.05, 3.63) is 106 Å². The lowest BCUT2D eigenvalue weighted by Gasteiger charge is -2.30. The third kappa shape index (κ3) is 4.36.